The second-order valence-electron chi connectivity index (χ2n) is 11.4. The normalized spacial score (nSPS) is 12.4. The number of aryl methyl sites for hydroxylation is 1. The molecule has 0 radical (unpaired) electrons. The van der Waals surface area contributed by atoms with E-state index < -0.39 is 47.1 Å². The minimum Gasteiger partial charge on any atom is -0.465 e. The van der Waals surface area contributed by atoms with Gasteiger partial charge < -0.3 is 19.9 Å². The van der Waals surface area contributed by atoms with Crippen molar-refractivity contribution in [3.8, 4) is 0 Å². The van der Waals surface area contributed by atoms with Crippen molar-refractivity contribution in [1.29, 1.82) is 0 Å². The van der Waals surface area contributed by atoms with Gasteiger partial charge >= 0.3 is 18.4 Å². The number of fused-ring (bicyclic) bond motifs is 2. The van der Waals surface area contributed by atoms with Crippen molar-refractivity contribution in [1.82, 2.24) is 14.8 Å². The molecule has 48 heavy (non-hydrogen) atoms. The van der Waals surface area contributed by atoms with Gasteiger partial charge in [-0.2, -0.15) is 26.3 Å². The predicted octanol–water partition coefficient (Wildman–Crippen LogP) is 9.31. The summed E-state index contributed by atoms with van der Waals surface area (Å²) in [6, 6.07) is 22.1. The van der Waals surface area contributed by atoms with Crippen LogP contribution in [0.1, 0.15) is 52.4 Å². The highest BCUT2D eigenvalue weighted by Gasteiger charge is 2.38. The maximum absolute atomic E-state index is 13.2. The van der Waals surface area contributed by atoms with Crippen LogP contribution in [0.5, 0.6) is 0 Å². The fraction of sp³-hybridized carbons (Fsp3) is 0.278. The highest BCUT2D eigenvalue weighted by molar-refractivity contribution is 5.95. The average Bonchev–Trinajstić information content (AvgIpc) is 3.36. The Morgan fingerprint density at radius 3 is 2.02 bits per heavy atom. The quantitative estimate of drug-likeness (QED) is 0.162. The Kier molecular flexibility index (Phi) is 11.1. The summed E-state index contributed by atoms with van der Waals surface area (Å²) in [5, 5.41) is 14.1. The minimum absolute atomic E-state index is 0.0242. The number of nitrogens with zero attached hydrogens (tertiary/aromatic N) is 2. The lowest BCUT2D eigenvalue weighted by Crippen LogP contribution is -2.38. The van der Waals surface area contributed by atoms with Gasteiger partial charge in [0.15, 0.2) is 0 Å². The van der Waals surface area contributed by atoms with E-state index in [1.54, 1.807) is 0 Å². The topological polar surface area (TPSA) is 74.6 Å². The number of halogens is 6. The van der Waals surface area contributed by atoms with Crippen LogP contribution < -0.4 is 5.32 Å². The van der Waals surface area contributed by atoms with Crippen LogP contribution in [0.2, 0.25) is 0 Å². The third kappa shape index (κ3) is 8.67. The Bertz CT molecular complexity index is 1860. The second-order valence-corrected chi connectivity index (χ2v) is 11.4. The van der Waals surface area contributed by atoms with E-state index in [9.17, 15) is 35.9 Å². The third-order valence-corrected chi connectivity index (χ3v) is 8.07. The van der Waals surface area contributed by atoms with Gasteiger partial charge in [0, 0.05) is 49.3 Å². The summed E-state index contributed by atoms with van der Waals surface area (Å²) in [5.74, 6) is -0.884. The molecule has 2 N–H and O–H groups in total. The molecule has 1 unspecified atom stereocenters. The standard InChI is InChI=1S/C24H24F6N2O.C12H11NO2/c1-4-7-19(12-16-14-31(2)21-9-6-5-8-20(16)21)32(3)22(33)15-10-17(23(25,26)27)13-18(11-15)24(28,29)30;14-12(15)13-8-10-6-3-5-9-4-1-2-7-11(9)10/h5-6,8-11,13-14,19H,4,7,12H2,1-3H3;1-7,13H,8H2,(H,14,15). The maximum Gasteiger partial charge on any atom is 0.416 e. The first kappa shape index (κ1) is 35.8. The Morgan fingerprint density at radius 2 is 1.42 bits per heavy atom. The zero-order chi connectivity index (χ0) is 35.2. The zero-order valence-corrected chi connectivity index (χ0v) is 26.5. The highest BCUT2D eigenvalue weighted by atomic mass is 19.4. The van der Waals surface area contributed by atoms with Crippen LogP contribution in [0.3, 0.4) is 0 Å². The number of hydrogen-bond acceptors (Lipinski definition) is 2. The number of nitrogens with one attached hydrogen (secondary N) is 1. The maximum atomic E-state index is 13.2. The molecule has 1 atom stereocenters. The number of aromatic nitrogens is 1. The van der Waals surface area contributed by atoms with Gasteiger partial charge in [0.2, 0.25) is 0 Å². The summed E-state index contributed by atoms with van der Waals surface area (Å²) in [6.07, 6.45) is -7.45. The van der Waals surface area contributed by atoms with E-state index in [0.717, 1.165) is 32.8 Å². The van der Waals surface area contributed by atoms with Gasteiger partial charge in [-0.3, -0.25) is 4.79 Å². The lowest BCUT2D eigenvalue weighted by molar-refractivity contribution is -0.143. The largest absolute Gasteiger partial charge is 0.465 e. The number of carbonyl (C=O) groups is 2. The molecule has 0 bridgehead atoms. The van der Waals surface area contributed by atoms with Gasteiger partial charge in [0.05, 0.1) is 11.1 Å². The monoisotopic (exact) mass is 671 g/mol. The molecule has 6 nitrogen and oxygen atoms in total. The first-order valence-corrected chi connectivity index (χ1v) is 15.1. The van der Waals surface area contributed by atoms with Gasteiger partial charge in [-0.25, -0.2) is 4.79 Å². The molecule has 0 aliphatic carbocycles. The van der Waals surface area contributed by atoms with Crippen LogP contribution in [0.25, 0.3) is 21.7 Å². The molecule has 4 aromatic carbocycles. The second kappa shape index (κ2) is 14.8. The van der Waals surface area contributed by atoms with Crippen LogP contribution in [0.15, 0.2) is 91.1 Å². The molecule has 254 valence electrons. The van der Waals surface area contributed by atoms with Crippen molar-refractivity contribution in [3.63, 3.8) is 0 Å². The average molecular weight is 672 g/mol. The smallest absolute Gasteiger partial charge is 0.416 e. The molecular weight excluding hydrogens is 636 g/mol. The Balaban J connectivity index is 0.000000287. The lowest BCUT2D eigenvalue weighted by atomic mass is 9.98. The molecule has 0 spiro atoms. The molecule has 0 fully saturated rings. The van der Waals surface area contributed by atoms with Crippen molar-refractivity contribution in [2.45, 2.75) is 51.1 Å². The molecule has 5 rings (SSSR count). The van der Waals surface area contributed by atoms with E-state index in [1.165, 1.54) is 11.9 Å². The number of hydrogen-bond donors (Lipinski definition) is 2. The Labute approximate surface area is 273 Å². The van der Waals surface area contributed by atoms with Crippen LogP contribution in [-0.2, 0) is 32.4 Å². The summed E-state index contributed by atoms with van der Waals surface area (Å²) in [7, 11) is 3.30. The van der Waals surface area contributed by atoms with Crippen LogP contribution >= 0.6 is 0 Å². The van der Waals surface area contributed by atoms with E-state index in [2.05, 4.69) is 5.32 Å². The number of carboxylic acid groups (broad SMARTS) is 1. The molecule has 0 saturated carbocycles. The summed E-state index contributed by atoms with van der Waals surface area (Å²) in [5.41, 5.74) is -0.713. The van der Waals surface area contributed by atoms with Gasteiger partial charge in [-0.05, 0) is 59.0 Å². The molecule has 1 heterocycles. The van der Waals surface area contributed by atoms with Gasteiger partial charge in [0.25, 0.3) is 5.91 Å². The molecule has 0 saturated heterocycles. The number of benzene rings is 4. The third-order valence-electron chi connectivity index (χ3n) is 8.07. The number of rotatable bonds is 8. The first-order valence-electron chi connectivity index (χ1n) is 15.1. The fourth-order valence-corrected chi connectivity index (χ4v) is 5.67. The first-order chi connectivity index (χ1) is 22.6. The molecule has 0 aliphatic heterocycles. The van der Waals surface area contributed by atoms with E-state index >= 15 is 0 Å². The van der Waals surface area contributed by atoms with Crippen LogP contribution in [0.4, 0.5) is 31.1 Å². The molecule has 2 amide bonds. The molecule has 12 heteroatoms. The van der Waals surface area contributed by atoms with Gasteiger partial charge in [-0.15, -0.1) is 0 Å². The highest BCUT2D eigenvalue weighted by Crippen LogP contribution is 2.37. The lowest BCUT2D eigenvalue weighted by Gasteiger charge is -2.29. The van der Waals surface area contributed by atoms with Crippen molar-refractivity contribution in [3.05, 3.63) is 119 Å². The number of likely N-dealkylation sites (N-methyl/N-ethyl adjacent to an activating group) is 1. The summed E-state index contributed by atoms with van der Waals surface area (Å²) < 4.78 is 81.3. The zero-order valence-electron chi connectivity index (χ0n) is 26.5. The summed E-state index contributed by atoms with van der Waals surface area (Å²) in [4.78, 5) is 24.7. The molecule has 1 aromatic heterocycles. The molecule has 5 aromatic rings. The number of alkyl halides is 6. The Morgan fingerprint density at radius 1 is 0.833 bits per heavy atom. The number of amides is 2. The fourth-order valence-electron chi connectivity index (χ4n) is 5.67. The summed E-state index contributed by atoms with van der Waals surface area (Å²) in [6.45, 7) is 2.25. The SMILES string of the molecule is CCCC(Cc1cn(C)c2ccccc12)N(C)C(=O)c1cc(C(F)(F)F)cc(C(F)(F)F)c1.O=C(O)NCc1cccc2ccccc12. The van der Waals surface area contributed by atoms with E-state index in [-0.39, 0.29) is 6.07 Å². The van der Waals surface area contributed by atoms with Crippen molar-refractivity contribution in [2.75, 3.05) is 7.05 Å². The van der Waals surface area contributed by atoms with Gasteiger partial charge in [0.1, 0.15) is 0 Å². The predicted molar refractivity (Wildman–Crippen MR) is 173 cm³/mol. The van der Waals surface area contributed by atoms with E-state index in [4.69, 9.17) is 5.11 Å². The number of para-hydroxylation sites is 1. The van der Waals surface area contributed by atoms with Crippen LogP contribution in [-0.4, -0.2) is 39.7 Å². The van der Waals surface area contributed by atoms with E-state index in [0.29, 0.717) is 37.9 Å². The van der Waals surface area contributed by atoms with Crippen molar-refractivity contribution in [2.24, 2.45) is 7.05 Å². The van der Waals surface area contributed by atoms with Gasteiger partial charge in [-0.1, -0.05) is 74.0 Å². The molecular formula is C36H35F6N3O3. The van der Waals surface area contributed by atoms with Crippen molar-refractivity contribution < 1.29 is 41.0 Å². The minimum atomic E-state index is -5.01. The van der Waals surface area contributed by atoms with Crippen molar-refractivity contribution >= 4 is 33.7 Å². The number of carbonyl (C=O) groups excluding carboxylic acids is 1. The summed E-state index contributed by atoms with van der Waals surface area (Å²) >= 11 is 0. The van der Waals surface area contributed by atoms with Crippen LogP contribution in [0, 0.1) is 0 Å². The van der Waals surface area contributed by atoms with E-state index in [1.807, 2.05) is 91.5 Å². The Hall–Kier alpha value is -5.00. The molecule has 0 aliphatic rings.